The van der Waals surface area contributed by atoms with Gasteiger partial charge in [0, 0.05) is 24.1 Å². The van der Waals surface area contributed by atoms with E-state index >= 15 is 0 Å². The summed E-state index contributed by atoms with van der Waals surface area (Å²) >= 11 is 0. The van der Waals surface area contributed by atoms with Crippen molar-refractivity contribution in [3.8, 4) is 11.4 Å². The summed E-state index contributed by atoms with van der Waals surface area (Å²) in [6.45, 7) is -0.187. The lowest BCUT2D eigenvalue weighted by molar-refractivity contribution is -0.118. The second-order valence-corrected chi connectivity index (χ2v) is 6.28. The van der Waals surface area contributed by atoms with Gasteiger partial charge in [-0.2, -0.15) is 0 Å². The SMILES string of the molecule is O=C(COc1cccc(NC(=O)c2ccco2)c1)Nc1ccccc1-n1ccnc1. The first-order chi connectivity index (χ1) is 14.7. The minimum Gasteiger partial charge on any atom is -0.484 e. The van der Waals surface area contributed by atoms with Crippen LogP contribution in [0.1, 0.15) is 10.6 Å². The number of hydrogen-bond donors (Lipinski definition) is 2. The van der Waals surface area contributed by atoms with Crippen molar-refractivity contribution >= 4 is 23.2 Å². The molecule has 2 aromatic carbocycles. The zero-order valence-electron chi connectivity index (χ0n) is 15.8. The van der Waals surface area contributed by atoms with Crippen molar-refractivity contribution in [1.29, 1.82) is 0 Å². The summed E-state index contributed by atoms with van der Waals surface area (Å²) in [4.78, 5) is 28.5. The number of para-hydroxylation sites is 2. The predicted molar refractivity (Wildman–Crippen MR) is 111 cm³/mol. The van der Waals surface area contributed by atoms with Crippen molar-refractivity contribution in [2.75, 3.05) is 17.2 Å². The molecule has 2 N–H and O–H groups in total. The van der Waals surface area contributed by atoms with Crippen LogP contribution in [0.25, 0.3) is 5.69 Å². The Bertz CT molecular complexity index is 1140. The van der Waals surface area contributed by atoms with Crippen LogP contribution in [-0.4, -0.2) is 28.0 Å². The van der Waals surface area contributed by atoms with E-state index in [1.807, 2.05) is 22.8 Å². The summed E-state index contributed by atoms with van der Waals surface area (Å²) in [5, 5.41) is 5.55. The van der Waals surface area contributed by atoms with Crippen LogP contribution in [0.2, 0.25) is 0 Å². The van der Waals surface area contributed by atoms with E-state index in [9.17, 15) is 9.59 Å². The number of imidazole rings is 1. The van der Waals surface area contributed by atoms with Crippen molar-refractivity contribution in [2.45, 2.75) is 0 Å². The van der Waals surface area contributed by atoms with Crippen molar-refractivity contribution in [3.63, 3.8) is 0 Å². The number of carbonyl (C=O) groups is 2. The Morgan fingerprint density at radius 3 is 2.73 bits per heavy atom. The first-order valence-electron chi connectivity index (χ1n) is 9.14. The third kappa shape index (κ3) is 4.56. The quantitative estimate of drug-likeness (QED) is 0.491. The minimum atomic E-state index is -0.369. The molecule has 8 nitrogen and oxygen atoms in total. The van der Waals surface area contributed by atoms with E-state index in [1.165, 1.54) is 6.26 Å². The topological polar surface area (TPSA) is 98.4 Å². The van der Waals surface area contributed by atoms with Gasteiger partial charge in [0.15, 0.2) is 12.4 Å². The van der Waals surface area contributed by atoms with E-state index in [0.717, 1.165) is 5.69 Å². The molecular formula is C22H18N4O4. The summed E-state index contributed by atoms with van der Waals surface area (Å²) in [5.41, 5.74) is 1.97. The number of rotatable bonds is 7. The Labute approximate surface area is 172 Å². The molecule has 2 amide bonds. The summed E-state index contributed by atoms with van der Waals surface area (Å²) in [7, 11) is 0. The molecule has 0 saturated carbocycles. The maximum absolute atomic E-state index is 12.4. The number of aromatic nitrogens is 2. The van der Waals surface area contributed by atoms with Crippen molar-refractivity contribution < 1.29 is 18.7 Å². The molecule has 0 saturated heterocycles. The van der Waals surface area contributed by atoms with Crippen molar-refractivity contribution in [2.24, 2.45) is 0 Å². The number of benzene rings is 2. The fraction of sp³-hybridized carbons (Fsp3) is 0.0455. The normalized spacial score (nSPS) is 10.4. The molecule has 0 spiro atoms. The highest BCUT2D eigenvalue weighted by molar-refractivity contribution is 6.02. The van der Waals surface area contributed by atoms with Gasteiger partial charge in [0.1, 0.15) is 5.75 Å². The average molecular weight is 402 g/mol. The number of anilines is 2. The average Bonchev–Trinajstić information content (AvgIpc) is 3.47. The van der Waals surface area contributed by atoms with Crippen LogP contribution in [0.5, 0.6) is 5.75 Å². The maximum atomic E-state index is 12.4. The van der Waals surface area contributed by atoms with Crippen molar-refractivity contribution in [1.82, 2.24) is 9.55 Å². The Kier molecular flexibility index (Phi) is 5.56. The van der Waals surface area contributed by atoms with Gasteiger partial charge in [0.25, 0.3) is 11.8 Å². The van der Waals surface area contributed by atoms with Gasteiger partial charge >= 0.3 is 0 Å². The highest BCUT2D eigenvalue weighted by Crippen LogP contribution is 2.21. The lowest BCUT2D eigenvalue weighted by atomic mass is 10.2. The van der Waals surface area contributed by atoms with Gasteiger partial charge in [-0.1, -0.05) is 18.2 Å². The highest BCUT2D eigenvalue weighted by atomic mass is 16.5. The molecule has 0 fully saturated rings. The molecule has 4 aromatic rings. The van der Waals surface area contributed by atoms with E-state index in [0.29, 0.717) is 17.1 Å². The van der Waals surface area contributed by atoms with E-state index in [4.69, 9.17) is 9.15 Å². The van der Waals surface area contributed by atoms with E-state index in [2.05, 4.69) is 15.6 Å². The summed E-state index contributed by atoms with van der Waals surface area (Å²) in [6.07, 6.45) is 6.55. The van der Waals surface area contributed by atoms with E-state index in [1.54, 1.807) is 61.2 Å². The first-order valence-corrected chi connectivity index (χ1v) is 9.14. The van der Waals surface area contributed by atoms with Crippen LogP contribution in [0.3, 0.4) is 0 Å². The minimum absolute atomic E-state index is 0.187. The molecule has 0 atom stereocenters. The fourth-order valence-corrected chi connectivity index (χ4v) is 2.81. The zero-order chi connectivity index (χ0) is 20.8. The molecule has 30 heavy (non-hydrogen) atoms. The molecular weight excluding hydrogens is 384 g/mol. The second-order valence-electron chi connectivity index (χ2n) is 6.28. The monoisotopic (exact) mass is 402 g/mol. The Balaban J connectivity index is 1.36. The van der Waals surface area contributed by atoms with Crippen LogP contribution in [-0.2, 0) is 4.79 Å². The molecule has 0 aliphatic rings. The van der Waals surface area contributed by atoms with Gasteiger partial charge in [-0.05, 0) is 36.4 Å². The standard InChI is InChI=1S/C22H18N4O4/c27-21(25-18-7-1-2-8-19(18)26-11-10-23-15-26)14-30-17-6-3-5-16(13-17)24-22(28)20-9-4-12-29-20/h1-13,15H,14H2,(H,24,28)(H,25,27). The Morgan fingerprint density at radius 1 is 1.03 bits per heavy atom. The summed E-state index contributed by atoms with van der Waals surface area (Å²) in [5.74, 6) is -0.0267. The van der Waals surface area contributed by atoms with Crippen LogP contribution >= 0.6 is 0 Å². The van der Waals surface area contributed by atoms with Gasteiger partial charge in [0.2, 0.25) is 0 Å². The molecule has 2 heterocycles. The van der Waals surface area contributed by atoms with Gasteiger partial charge in [-0.3, -0.25) is 9.59 Å². The third-order valence-corrected chi connectivity index (χ3v) is 4.17. The number of nitrogens with zero attached hydrogens (tertiary/aromatic N) is 2. The molecule has 4 rings (SSSR count). The molecule has 8 heteroatoms. The summed E-state index contributed by atoms with van der Waals surface area (Å²) in [6, 6.07) is 17.4. The molecule has 0 aliphatic carbocycles. The lowest BCUT2D eigenvalue weighted by Gasteiger charge is -2.12. The van der Waals surface area contributed by atoms with Gasteiger partial charge in [-0.15, -0.1) is 0 Å². The summed E-state index contributed by atoms with van der Waals surface area (Å²) < 4.78 is 12.5. The number of hydrogen-bond acceptors (Lipinski definition) is 5. The Morgan fingerprint density at radius 2 is 1.93 bits per heavy atom. The van der Waals surface area contributed by atoms with E-state index < -0.39 is 0 Å². The van der Waals surface area contributed by atoms with Crippen LogP contribution < -0.4 is 15.4 Å². The predicted octanol–water partition coefficient (Wildman–Crippen LogP) is 3.74. The van der Waals surface area contributed by atoms with Crippen LogP contribution in [0.4, 0.5) is 11.4 Å². The lowest BCUT2D eigenvalue weighted by Crippen LogP contribution is -2.21. The fourth-order valence-electron chi connectivity index (χ4n) is 2.81. The van der Waals surface area contributed by atoms with Crippen molar-refractivity contribution in [3.05, 3.63) is 91.4 Å². The largest absolute Gasteiger partial charge is 0.484 e. The molecule has 0 aliphatic heterocycles. The second kappa shape index (κ2) is 8.78. The molecule has 2 aromatic heterocycles. The van der Waals surface area contributed by atoms with E-state index in [-0.39, 0.29) is 24.2 Å². The maximum Gasteiger partial charge on any atom is 0.291 e. The molecule has 0 radical (unpaired) electrons. The molecule has 150 valence electrons. The number of nitrogens with one attached hydrogen (secondary N) is 2. The number of carbonyl (C=O) groups excluding carboxylic acids is 2. The first kappa shape index (κ1) is 19.0. The Hall–Kier alpha value is -4.33. The third-order valence-electron chi connectivity index (χ3n) is 4.17. The van der Waals surface area contributed by atoms with Gasteiger partial charge in [0.05, 0.1) is 24.0 Å². The number of furan rings is 1. The van der Waals surface area contributed by atoms with Crippen LogP contribution in [0.15, 0.2) is 90.1 Å². The molecule has 0 bridgehead atoms. The van der Waals surface area contributed by atoms with Crippen LogP contribution in [0, 0.1) is 0 Å². The number of amides is 2. The smallest absolute Gasteiger partial charge is 0.291 e. The van der Waals surface area contributed by atoms with Gasteiger partial charge < -0.3 is 24.4 Å². The highest BCUT2D eigenvalue weighted by Gasteiger charge is 2.11. The zero-order valence-corrected chi connectivity index (χ0v) is 15.8. The number of ether oxygens (including phenoxy) is 1. The molecule has 0 unspecified atom stereocenters. The van der Waals surface area contributed by atoms with Gasteiger partial charge in [-0.25, -0.2) is 4.98 Å².